The van der Waals surface area contributed by atoms with Gasteiger partial charge in [-0.15, -0.1) is 0 Å². The van der Waals surface area contributed by atoms with Crippen LogP contribution in [0.4, 0.5) is 4.39 Å². The number of halogens is 3. The summed E-state index contributed by atoms with van der Waals surface area (Å²) in [5.41, 5.74) is 6.62. The maximum absolute atomic E-state index is 13.6. The van der Waals surface area contributed by atoms with Gasteiger partial charge in [0.2, 0.25) is 0 Å². The monoisotopic (exact) mass is 320 g/mol. The molecule has 0 saturated carbocycles. The van der Waals surface area contributed by atoms with Crippen molar-refractivity contribution >= 4 is 23.2 Å². The maximum Gasteiger partial charge on any atom is 0.142 e. The van der Waals surface area contributed by atoms with E-state index < -0.39 is 5.82 Å². The summed E-state index contributed by atoms with van der Waals surface area (Å²) in [7, 11) is 0. The summed E-state index contributed by atoms with van der Waals surface area (Å²) in [5.74, 6) is -0.449. The standard InChI is InChI=1S/C14H19Cl2FN2O/c1-8(18)14-7-19(3-4-20-14)9(2)10-5-13(17)12(16)6-11(10)15/h5-6,8-9,14H,3-4,7,18H2,1-2H3. The molecule has 1 aliphatic heterocycles. The largest absolute Gasteiger partial charge is 0.374 e. The second kappa shape index (κ2) is 6.58. The van der Waals surface area contributed by atoms with Crippen molar-refractivity contribution in [2.45, 2.75) is 32.0 Å². The Morgan fingerprint density at radius 3 is 2.70 bits per heavy atom. The van der Waals surface area contributed by atoms with Crippen LogP contribution in [0.3, 0.4) is 0 Å². The lowest BCUT2D eigenvalue weighted by molar-refractivity contribution is -0.0498. The summed E-state index contributed by atoms with van der Waals surface area (Å²) >= 11 is 11.9. The first kappa shape index (κ1) is 16.0. The normalized spacial score (nSPS) is 23.6. The van der Waals surface area contributed by atoms with Crippen molar-refractivity contribution in [3.63, 3.8) is 0 Å². The molecule has 2 rings (SSSR count). The van der Waals surface area contributed by atoms with Gasteiger partial charge in [-0.25, -0.2) is 4.39 Å². The number of hydrogen-bond acceptors (Lipinski definition) is 3. The molecule has 112 valence electrons. The van der Waals surface area contributed by atoms with Crippen LogP contribution in [0.15, 0.2) is 12.1 Å². The van der Waals surface area contributed by atoms with Crippen molar-refractivity contribution in [3.8, 4) is 0 Å². The lowest BCUT2D eigenvalue weighted by Gasteiger charge is -2.38. The lowest BCUT2D eigenvalue weighted by Crippen LogP contribution is -2.50. The number of ether oxygens (including phenoxy) is 1. The fraction of sp³-hybridized carbons (Fsp3) is 0.571. The Balaban J connectivity index is 2.18. The summed E-state index contributed by atoms with van der Waals surface area (Å²) in [5, 5.41) is 0.522. The Morgan fingerprint density at radius 1 is 1.35 bits per heavy atom. The number of benzene rings is 1. The van der Waals surface area contributed by atoms with Crippen LogP contribution in [0, 0.1) is 5.82 Å². The van der Waals surface area contributed by atoms with E-state index >= 15 is 0 Å². The van der Waals surface area contributed by atoms with Gasteiger partial charge in [0.1, 0.15) is 5.82 Å². The first-order valence-corrected chi connectivity index (χ1v) is 7.41. The van der Waals surface area contributed by atoms with Crippen molar-refractivity contribution in [3.05, 3.63) is 33.6 Å². The van der Waals surface area contributed by atoms with Crippen molar-refractivity contribution in [2.24, 2.45) is 5.73 Å². The Kier molecular flexibility index (Phi) is 5.26. The molecule has 1 aromatic carbocycles. The van der Waals surface area contributed by atoms with E-state index in [1.807, 2.05) is 13.8 Å². The summed E-state index contributed by atoms with van der Waals surface area (Å²) in [4.78, 5) is 2.20. The van der Waals surface area contributed by atoms with Gasteiger partial charge in [-0.1, -0.05) is 23.2 Å². The summed E-state index contributed by atoms with van der Waals surface area (Å²) in [6.07, 6.45) is -0.0119. The molecule has 20 heavy (non-hydrogen) atoms. The first-order chi connectivity index (χ1) is 9.40. The molecule has 3 nitrogen and oxygen atoms in total. The highest BCUT2D eigenvalue weighted by molar-refractivity contribution is 6.35. The van der Waals surface area contributed by atoms with Gasteiger partial charge in [-0.05, 0) is 31.5 Å². The minimum Gasteiger partial charge on any atom is -0.374 e. The van der Waals surface area contributed by atoms with E-state index in [4.69, 9.17) is 33.7 Å². The van der Waals surface area contributed by atoms with E-state index in [1.54, 1.807) is 0 Å². The Labute approximate surface area is 128 Å². The van der Waals surface area contributed by atoms with Crippen molar-refractivity contribution < 1.29 is 9.13 Å². The first-order valence-electron chi connectivity index (χ1n) is 6.65. The molecule has 0 amide bonds. The highest BCUT2D eigenvalue weighted by Crippen LogP contribution is 2.32. The van der Waals surface area contributed by atoms with Crippen LogP contribution < -0.4 is 5.73 Å². The third-order valence-electron chi connectivity index (χ3n) is 3.75. The fourth-order valence-corrected chi connectivity index (χ4v) is 2.96. The Bertz CT molecular complexity index is 484. The Hall–Kier alpha value is -0.390. The third-order valence-corrected chi connectivity index (χ3v) is 4.37. The average molecular weight is 321 g/mol. The summed E-state index contributed by atoms with van der Waals surface area (Å²) in [6.45, 7) is 6.01. The minimum atomic E-state index is -0.449. The van der Waals surface area contributed by atoms with Gasteiger partial charge in [-0.3, -0.25) is 4.90 Å². The highest BCUT2D eigenvalue weighted by Gasteiger charge is 2.28. The molecular formula is C14H19Cl2FN2O. The molecule has 1 fully saturated rings. The number of nitrogens with zero attached hydrogens (tertiary/aromatic N) is 1. The van der Waals surface area contributed by atoms with E-state index in [0.717, 1.165) is 12.1 Å². The maximum atomic E-state index is 13.6. The highest BCUT2D eigenvalue weighted by atomic mass is 35.5. The van der Waals surface area contributed by atoms with Crippen molar-refractivity contribution in [1.29, 1.82) is 0 Å². The van der Waals surface area contributed by atoms with Gasteiger partial charge in [0.05, 0.1) is 17.7 Å². The zero-order valence-corrected chi connectivity index (χ0v) is 13.1. The van der Waals surface area contributed by atoms with Crippen LogP contribution in [-0.4, -0.2) is 36.7 Å². The zero-order chi connectivity index (χ0) is 14.9. The summed E-state index contributed by atoms with van der Waals surface area (Å²) < 4.78 is 19.3. The Morgan fingerprint density at radius 2 is 2.05 bits per heavy atom. The van der Waals surface area contributed by atoms with Crippen LogP contribution in [0.5, 0.6) is 0 Å². The van der Waals surface area contributed by atoms with Crippen LogP contribution in [0.1, 0.15) is 25.5 Å². The third kappa shape index (κ3) is 3.43. The van der Waals surface area contributed by atoms with Crippen LogP contribution >= 0.6 is 23.2 Å². The molecule has 2 N–H and O–H groups in total. The molecule has 1 saturated heterocycles. The molecule has 0 spiro atoms. The molecule has 0 aromatic heterocycles. The molecule has 1 heterocycles. The number of hydrogen-bond donors (Lipinski definition) is 1. The van der Waals surface area contributed by atoms with Gasteiger partial charge in [-0.2, -0.15) is 0 Å². The van der Waals surface area contributed by atoms with Gasteiger partial charge in [0.15, 0.2) is 0 Å². The van der Waals surface area contributed by atoms with E-state index in [-0.39, 0.29) is 23.2 Å². The van der Waals surface area contributed by atoms with Crippen molar-refractivity contribution in [1.82, 2.24) is 4.90 Å². The predicted octanol–water partition coefficient (Wildman–Crippen LogP) is 3.24. The number of nitrogens with two attached hydrogens (primary N) is 1. The fourth-order valence-electron chi connectivity index (χ4n) is 2.42. The molecule has 0 bridgehead atoms. The van der Waals surface area contributed by atoms with Gasteiger partial charge in [0, 0.05) is 30.2 Å². The number of rotatable bonds is 3. The van der Waals surface area contributed by atoms with Crippen molar-refractivity contribution in [2.75, 3.05) is 19.7 Å². The molecule has 0 radical (unpaired) electrons. The molecule has 1 aromatic rings. The molecular weight excluding hydrogens is 302 g/mol. The van der Waals surface area contributed by atoms with Gasteiger partial charge >= 0.3 is 0 Å². The molecule has 3 atom stereocenters. The average Bonchev–Trinajstić information content (AvgIpc) is 2.42. The van der Waals surface area contributed by atoms with E-state index in [9.17, 15) is 4.39 Å². The molecule has 1 aliphatic rings. The van der Waals surface area contributed by atoms with E-state index in [1.165, 1.54) is 12.1 Å². The van der Waals surface area contributed by atoms with Gasteiger partial charge < -0.3 is 10.5 Å². The van der Waals surface area contributed by atoms with Gasteiger partial charge in [0.25, 0.3) is 0 Å². The van der Waals surface area contributed by atoms with E-state index in [2.05, 4.69) is 4.90 Å². The molecule has 0 aliphatic carbocycles. The predicted molar refractivity (Wildman–Crippen MR) is 79.8 cm³/mol. The number of morpholine rings is 1. The van der Waals surface area contributed by atoms with Crippen LogP contribution in [0.25, 0.3) is 0 Å². The second-order valence-electron chi connectivity index (χ2n) is 5.23. The zero-order valence-electron chi connectivity index (χ0n) is 11.6. The molecule has 6 heteroatoms. The smallest absolute Gasteiger partial charge is 0.142 e. The molecule has 3 unspecified atom stereocenters. The van der Waals surface area contributed by atoms with Crippen LogP contribution in [0.2, 0.25) is 10.0 Å². The SMILES string of the molecule is CC(N)C1CN(C(C)c2cc(F)c(Cl)cc2Cl)CCO1. The lowest BCUT2D eigenvalue weighted by atomic mass is 10.0. The topological polar surface area (TPSA) is 38.5 Å². The quantitative estimate of drug-likeness (QED) is 0.869. The van der Waals surface area contributed by atoms with Crippen LogP contribution in [-0.2, 0) is 4.74 Å². The van der Waals surface area contributed by atoms with E-state index in [0.29, 0.717) is 18.2 Å². The minimum absolute atomic E-state index is 0.0119. The summed E-state index contributed by atoms with van der Waals surface area (Å²) in [6, 6.07) is 2.81. The second-order valence-corrected chi connectivity index (χ2v) is 6.04.